The molecule has 0 bridgehead atoms. The summed E-state index contributed by atoms with van der Waals surface area (Å²) in [6.07, 6.45) is 4.44. The minimum Gasteiger partial charge on any atom is -0.348 e. The van der Waals surface area contributed by atoms with Crippen molar-refractivity contribution in [2.75, 3.05) is 24.2 Å². The van der Waals surface area contributed by atoms with Gasteiger partial charge < -0.3 is 4.90 Å². The Hall–Kier alpha value is -1.63. The molecule has 6 heteroatoms. The third kappa shape index (κ3) is 2.90. The van der Waals surface area contributed by atoms with Gasteiger partial charge in [0.1, 0.15) is 0 Å². The Morgan fingerprint density at radius 2 is 1.77 bits per heavy atom. The van der Waals surface area contributed by atoms with Gasteiger partial charge in [-0.15, -0.1) is 23.1 Å². The normalized spacial score (nSPS) is 16.0. The van der Waals surface area contributed by atoms with E-state index >= 15 is 0 Å². The Bertz CT molecular complexity index is 1030. The molecule has 26 heavy (non-hydrogen) atoms. The lowest BCUT2D eigenvalue weighted by Crippen LogP contribution is -2.32. The summed E-state index contributed by atoms with van der Waals surface area (Å²) in [6.45, 7) is 2.13. The van der Waals surface area contributed by atoms with E-state index in [1.54, 1.807) is 11.8 Å². The van der Waals surface area contributed by atoms with Crippen LogP contribution in [0.1, 0.15) is 23.8 Å². The number of fused-ring (bicyclic) bond motifs is 2. The van der Waals surface area contributed by atoms with Gasteiger partial charge in [-0.3, -0.25) is 0 Å². The van der Waals surface area contributed by atoms with Crippen LogP contribution in [0.4, 0.5) is 5.13 Å². The summed E-state index contributed by atoms with van der Waals surface area (Å²) in [5, 5.41) is 2.48. The van der Waals surface area contributed by atoms with Gasteiger partial charge in [0.25, 0.3) is 0 Å². The van der Waals surface area contributed by atoms with E-state index in [1.807, 2.05) is 22.7 Å². The molecule has 2 aromatic heterocycles. The van der Waals surface area contributed by atoms with Gasteiger partial charge in [0.15, 0.2) is 5.13 Å². The van der Waals surface area contributed by atoms with Crippen LogP contribution in [0.2, 0.25) is 0 Å². The van der Waals surface area contributed by atoms with Gasteiger partial charge in [-0.25, -0.2) is 9.97 Å². The molecule has 0 radical (unpaired) electrons. The van der Waals surface area contributed by atoms with Crippen molar-refractivity contribution in [2.24, 2.45) is 0 Å². The van der Waals surface area contributed by atoms with Gasteiger partial charge in [0.05, 0.1) is 25.4 Å². The first-order valence-electron chi connectivity index (χ1n) is 8.86. The predicted molar refractivity (Wildman–Crippen MR) is 115 cm³/mol. The van der Waals surface area contributed by atoms with Gasteiger partial charge in [-0.1, -0.05) is 29.5 Å². The monoisotopic (exact) mass is 397 g/mol. The van der Waals surface area contributed by atoms with Crippen LogP contribution in [-0.4, -0.2) is 29.3 Å². The second-order valence-corrected chi connectivity index (χ2v) is 9.50. The van der Waals surface area contributed by atoms with Crippen LogP contribution in [0.15, 0.2) is 47.4 Å². The number of anilines is 1. The Labute approximate surface area is 165 Å². The first kappa shape index (κ1) is 16.5. The Kier molecular flexibility index (Phi) is 4.35. The van der Waals surface area contributed by atoms with Crippen molar-refractivity contribution in [2.45, 2.75) is 23.7 Å². The average molecular weight is 398 g/mol. The molecule has 0 spiro atoms. The molecule has 0 unspecified atom stereocenters. The molecule has 4 aromatic rings. The van der Waals surface area contributed by atoms with Gasteiger partial charge in [0, 0.05) is 23.9 Å². The maximum absolute atomic E-state index is 4.95. The van der Waals surface area contributed by atoms with E-state index in [4.69, 9.17) is 9.97 Å². The molecule has 1 aliphatic heterocycles. The summed E-state index contributed by atoms with van der Waals surface area (Å²) in [6, 6.07) is 15.0. The molecule has 1 aliphatic rings. The zero-order valence-electron chi connectivity index (χ0n) is 14.5. The van der Waals surface area contributed by atoms with Crippen LogP contribution in [-0.2, 0) is 0 Å². The third-order valence-corrected chi connectivity index (χ3v) is 8.07. The Morgan fingerprint density at radius 1 is 0.962 bits per heavy atom. The number of thiazole rings is 2. The number of hydrogen-bond acceptors (Lipinski definition) is 6. The molecule has 3 nitrogen and oxygen atoms in total. The second-order valence-electron chi connectivity index (χ2n) is 6.58. The van der Waals surface area contributed by atoms with Gasteiger partial charge in [0.2, 0.25) is 0 Å². The summed E-state index contributed by atoms with van der Waals surface area (Å²) in [5.74, 6) is 0.583. The first-order chi connectivity index (χ1) is 12.8. The van der Waals surface area contributed by atoms with Crippen LogP contribution in [0.25, 0.3) is 20.4 Å². The summed E-state index contributed by atoms with van der Waals surface area (Å²) in [7, 11) is 0. The van der Waals surface area contributed by atoms with E-state index in [9.17, 15) is 0 Å². The highest BCUT2D eigenvalue weighted by Gasteiger charge is 2.25. The van der Waals surface area contributed by atoms with E-state index < -0.39 is 0 Å². The zero-order valence-corrected chi connectivity index (χ0v) is 17.0. The topological polar surface area (TPSA) is 29.0 Å². The molecule has 1 fully saturated rings. The number of thioether (sulfide) groups is 1. The summed E-state index contributed by atoms with van der Waals surface area (Å²) >= 11 is 5.46. The average Bonchev–Trinajstić information content (AvgIpc) is 3.32. The molecule has 0 amide bonds. The van der Waals surface area contributed by atoms with Crippen molar-refractivity contribution in [3.8, 4) is 0 Å². The number of piperidine rings is 1. The van der Waals surface area contributed by atoms with E-state index in [1.165, 1.54) is 24.4 Å². The number of para-hydroxylation sites is 2. The fourth-order valence-corrected chi connectivity index (χ4v) is 6.40. The standard InChI is InChI=1S/C20H19N3S3/c1-24-16-7-4-8-17-18(16)22-20(26-17)23-11-9-13(10-12-23)19-21-14-5-2-3-6-15(14)25-19/h2-8,13H,9-12H2,1H3. The molecule has 0 atom stereocenters. The van der Waals surface area contributed by atoms with Crippen LogP contribution in [0.3, 0.4) is 0 Å². The Balaban J connectivity index is 1.35. The summed E-state index contributed by atoms with van der Waals surface area (Å²) in [4.78, 5) is 13.6. The smallest absolute Gasteiger partial charge is 0.186 e. The lowest BCUT2D eigenvalue weighted by Gasteiger charge is -2.30. The molecule has 0 saturated carbocycles. The van der Waals surface area contributed by atoms with Crippen molar-refractivity contribution in [1.82, 2.24) is 9.97 Å². The zero-order chi connectivity index (χ0) is 17.5. The minimum absolute atomic E-state index is 0.583. The van der Waals surface area contributed by atoms with E-state index in [2.05, 4.69) is 53.6 Å². The van der Waals surface area contributed by atoms with E-state index in [0.29, 0.717) is 5.92 Å². The molecular formula is C20H19N3S3. The van der Waals surface area contributed by atoms with Crippen molar-refractivity contribution in [3.05, 3.63) is 47.5 Å². The van der Waals surface area contributed by atoms with Gasteiger partial charge >= 0.3 is 0 Å². The minimum atomic E-state index is 0.583. The molecule has 2 aromatic carbocycles. The number of rotatable bonds is 3. The number of hydrogen-bond donors (Lipinski definition) is 0. The quantitative estimate of drug-likeness (QED) is 0.396. The van der Waals surface area contributed by atoms with Crippen molar-refractivity contribution in [3.63, 3.8) is 0 Å². The molecule has 1 saturated heterocycles. The van der Waals surface area contributed by atoms with E-state index in [-0.39, 0.29) is 0 Å². The first-order valence-corrected chi connectivity index (χ1v) is 11.7. The van der Waals surface area contributed by atoms with Crippen molar-refractivity contribution >= 4 is 60.0 Å². The largest absolute Gasteiger partial charge is 0.348 e. The van der Waals surface area contributed by atoms with Crippen LogP contribution < -0.4 is 4.90 Å². The molecule has 0 aliphatic carbocycles. The third-order valence-electron chi connectivity index (χ3n) is 5.02. The molecule has 5 rings (SSSR count). The van der Waals surface area contributed by atoms with Crippen LogP contribution >= 0.6 is 34.4 Å². The van der Waals surface area contributed by atoms with Crippen molar-refractivity contribution in [1.29, 1.82) is 0 Å². The molecule has 3 heterocycles. The predicted octanol–water partition coefficient (Wildman–Crippen LogP) is 6.01. The highest BCUT2D eigenvalue weighted by atomic mass is 32.2. The summed E-state index contributed by atoms with van der Waals surface area (Å²) in [5.41, 5.74) is 2.30. The highest BCUT2D eigenvalue weighted by molar-refractivity contribution is 7.98. The maximum Gasteiger partial charge on any atom is 0.186 e. The number of benzene rings is 2. The molecule has 0 N–H and O–H groups in total. The fourth-order valence-electron chi connectivity index (χ4n) is 3.59. The lowest BCUT2D eigenvalue weighted by molar-refractivity contribution is 0.504. The van der Waals surface area contributed by atoms with E-state index in [0.717, 1.165) is 37.0 Å². The molecule has 132 valence electrons. The second kappa shape index (κ2) is 6.83. The van der Waals surface area contributed by atoms with Gasteiger partial charge in [-0.2, -0.15) is 0 Å². The number of nitrogens with zero attached hydrogens (tertiary/aromatic N) is 3. The Morgan fingerprint density at radius 3 is 2.58 bits per heavy atom. The number of aromatic nitrogens is 2. The highest BCUT2D eigenvalue weighted by Crippen LogP contribution is 2.38. The van der Waals surface area contributed by atoms with Crippen molar-refractivity contribution < 1.29 is 0 Å². The van der Waals surface area contributed by atoms with Crippen LogP contribution in [0.5, 0.6) is 0 Å². The summed E-state index contributed by atoms with van der Waals surface area (Å²) < 4.78 is 2.60. The molecular weight excluding hydrogens is 378 g/mol. The van der Waals surface area contributed by atoms with Gasteiger partial charge in [-0.05, 0) is 43.4 Å². The van der Waals surface area contributed by atoms with Crippen LogP contribution in [0, 0.1) is 0 Å². The fraction of sp³-hybridized carbons (Fsp3) is 0.300. The maximum atomic E-state index is 4.95. The SMILES string of the molecule is CSc1cccc2sc(N3CCC(c4nc5ccccc5s4)CC3)nc12. The lowest BCUT2D eigenvalue weighted by atomic mass is 9.98.